The van der Waals surface area contributed by atoms with Crippen LogP contribution in [0.1, 0.15) is 65.2 Å². The van der Waals surface area contributed by atoms with Crippen molar-refractivity contribution in [3.63, 3.8) is 0 Å². The Kier molecular flexibility index (Phi) is 6.91. The summed E-state index contributed by atoms with van der Waals surface area (Å²) in [5, 5.41) is 0. The Bertz CT molecular complexity index is 157. The van der Waals surface area contributed by atoms with Crippen molar-refractivity contribution in [2.24, 2.45) is 0 Å². The van der Waals surface area contributed by atoms with Crippen LogP contribution in [0.4, 0.5) is 0 Å². The first-order valence-corrected chi connectivity index (χ1v) is 7.49. The van der Waals surface area contributed by atoms with E-state index < -0.39 is 0 Å². The van der Waals surface area contributed by atoms with Gasteiger partial charge < -0.3 is 4.74 Å². The SMILES string of the molecule is CCC(CC)OC1CCCCCCC1Br. The minimum absolute atomic E-state index is 0.454. The first kappa shape index (κ1) is 13.5. The maximum atomic E-state index is 6.19. The third-order valence-corrected chi connectivity index (χ3v) is 4.45. The van der Waals surface area contributed by atoms with Gasteiger partial charge in [0.05, 0.1) is 12.2 Å². The third kappa shape index (κ3) is 4.86. The zero-order chi connectivity index (χ0) is 11.1. The van der Waals surface area contributed by atoms with E-state index in [-0.39, 0.29) is 0 Å². The zero-order valence-electron chi connectivity index (χ0n) is 10.2. The maximum Gasteiger partial charge on any atom is 0.0703 e. The largest absolute Gasteiger partial charge is 0.374 e. The van der Waals surface area contributed by atoms with Crippen LogP contribution in [-0.2, 0) is 4.74 Å². The molecule has 0 amide bonds. The first-order valence-electron chi connectivity index (χ1n) is 6.57. The van der Waals surface area contributed by atoms with Gasteiger partial charge in [0, 0.05) is 4.83 Å². The molecular formula is C13H25BrO. The van der Waals surface area contributed by atoms with Crippen molar-refractivity contribution in [2.75, 3.05) is 0 Å². The van der Waals surface area contributed by atoms with Gasteiger partial charge in [-0.05, 0) is 25.7 Å². The molecule has 0 saturated heterocycles. The summed E-state index contributed by atoms with van der Waals surface area (Å²) in [4.78, 5) is 0.582. The normalized spacial score (nSPS) is 28.8. The summed E-state index contributed by atoms with van der Waals surface area (Å²) < 4.78 is 6.19. The highest BCUT2D eigenvalue weighted by molar-refractivity contribution is 9.09. The lowest BCUT2D eigenvalue weighted by molar-refractivity contribution is -0.0232. The highest BCUT2D eigenvalue weighted by Gasteiger charge is 2.23. The zero-order valence-corrected chi connectivity index (χ0v) is 11.8. The average Bonchev–Trinajstić information content (AvgIpc) is 2.24. The molecular weight excluding hydrogens is 252 g/mol. The fraction of sp³-hybridized carbons (Fsp3) is 1.00. The summed E-state index contributed by atoms with van der Waals surface area (Å²) in [7, 11) is 0. The van der Waals surface area contributed by atoms with Crippen molar-refractivity contribution in [2.45, 2.75) is 82.2 Å². The van der Waals surface area contributed by atoms with Gasteiger partial charge in [0.25, 0.3) is 0 Å². The van der Waals surface area contributed by atoms with Crippen LogP contribution < -0.4 is 0 Å². The van der Waals surface area contributed by atoms with Gasteiger partial charge in [-0.2, -0.15) is 0 Å². The van der Waals surface area contributed by atoms with E-state index in [1.807, 2.05) is 0 Å². The fourth-order valence-electron chi connectivity index (χ4n) is 2.29. The topological polar surface area (TPSA) is 9.23 Å². The van der Waals surface area contributed by atoms with E-state index in [1.165, 1.54) is 38.5 Å². The second kappa shape index (κ2) is 7.67. The molecule has 0 aliphatic heterocycles. The van der Waals surface area contributed by atoms with Crippen LogP contribution in [0.5, 0.6) is 0 Å². The summed E-state index contributed by atoms with van der Waals surface area (Å²) in [6, 6.07) is 0. The Morgan fingerprint density at radius 3 is 2.27 bits per heavy atom. The third-order valence-electron chi connectivity index (χ3n) is 3.40. The summed E-state index contributed by atoms with van der Waals surface area (Å²) in [5.74, 6) is 0. The van der Waals surface area contributed by atoms with E-state index in [4.69, 9.17) is 4.74 Å². The highest BCUT2D eigenvalue weighted by atomic mass is 79.9. The van der Waals surface area contributed by atoms with Gasteiger partial charge in [-0.25, -0.2) is 0 Å². The lowest BCUT2D eigenvalue weighted by Crippen LogP contribution is -2.30. The number of halogens is 1. The molecule has 0 spiro atoms. The minimum atomic E-state index is 0.454. The molecule has 1 aliphatic carbocycles. The fourth-order valence-corrected chi connectivity index (χ4v) is 3.00. The molecule has 0 aromatic rings. The second-order valence-electron chi connectivity index (χ2n) is 4.62. The molecule has 15 heavy (non-hydrogen) atoms. The van der Waals surface area contributed by atoms with Crippen LogP contribution in [0.3, 0.4) is 0 Å². The molecule has 0 radical (unpaired) electrons. The number of ether oxygens (including phenoxy) is 1. The Morgan fingerprint density at radius 2 is 1.67 bits per heavy atom. The lowest BCUT2D eigenvalue weighted by Gasteiger charge is -2.29. The van der Waals surface area contributed by atoms with Crippen LogP contribution in [0.2, 0.25) is 0 Å². The number of hydrogen-bond acceptors (Lipinski definition) is 1. The molecule has 0 bridgehead atoms. The van der Waals surface area contributed by atoms with Crippen LogP contribution >= 0.6 is 15.9 Å². The Hall–Kier alpha value is 0.440. The van der Waals surface area contributed by atoms with Gasteiger partial charge in [-0.3, -0.25) is 0 Å². The lowest BCUT2D eigenvalue weighted by atomic mass is 9.98. The van der Waals surface area contributed by atoms with E-state index in [9.17, 15) is 0 Å². The van der Waals surface area contributed by atoms with Crippen molar-refractivity contribution in [3.05, 3.63) is 0 Å². The number of hydrogen-bond donors (Lipinski definition) is 0. The predicted molar refractivity (Wildman–Crippen MR) is 69.7 cm³/mol. The predicted octanol–water partition coefficient (Wildman–Crippen LogP) is 4.68. The molecule has 2 heteroatoms. The monoisotopic (exact) mass is 276 g/mol. The van der Waals surface area contributed by atoms with Gasteiger partial charge in [0.2, 0.25) is 0 Å². The maximum absolute atomic E-state index is 6.19. The number of rotatable bonds is 4. The number of alkyl halides is 1. The summed E-state index contributed by atoms with van der Waals surface area (Å²) >= 11 is 3.80. The van der Waals surface area contributed by atoms with Crippen molar-refractivity contribution in [1.29, 1.82) is 0 Å². The summed E-state index contributed by atoms with van der Waals surface area (Å²) in [6.07, 6.45) is 11.2. The van der Waals surface area contributed by atoms with Gasteiger partial charge in [0.1, 0.15) is 0 Å². The summed E-state index contributed by atoms with van der Waals surface area (Å²) in [5.41, 5.74) is 0. The molecule has 2 atom stereocenters. The standard InChI is InChI=1S/C13H25BrO/c1-3-11(4-2)15-13-10-8-6-5-7-9-12(13)14/h11-13H,3-10H2,1-2H3. The molecule has 0 N–H and O–H groups in total. The van der Waals surface area contributed by atoms with Crippen molar-refractivity contribution < 1.29 is 4.74 Å². The van der Waals surface area contributed by atoms with E-state index in [2.05, 4.69) is 29.8 Å². The molecule has 1 fully saturated rings. The molecule has 1 saturated carbocycles. The Morgan fingerprint density at radius 1 is 1.07 bits per heavy atom. The van der Waals surface area contributed by atoms with Crippen LogP contribution in [0.25, 0.3) is 0 Å². The van der Waals surface area contributed by atoms with Gasteiger partial charge in [0.15, 0.2) is 0 Å². The van der Waals surface area contributed by atoms with Crippen LogP contribution in [-0.4, -0.2) is 17.0 Å². The smallest absolute Gasteiger partial charge is 0.0703 e. The van der Waals surface area contributed by atoms with Crippen LogP contribution in [0, 0.1) is 0 Å². The van der Waals surface area contributed by atoms with Gasteiger partial charge in [-0.1, -0.05) is 55.5 Å². The molecule has 0 aromatic heterocycles. The quantitative estimate of drug-likeness (QED) is 0.678. The molecule has 0 heterocycles. The Labute approximate surface area is 103 Å². The second-order valence-corrected chi connectivity index (χ2v) is 5.80. The molecule has 90 valence electrons. The molecule has 1 nitrogen and oxygen atoms in total. The van der Waals surface area contributed by atoms with Crippen LogP contribution in [0.15, 0.2) is 0 Å². The highest BCUT2D eigenvalue weighted by Crippen LogP contribution is 2.27. The molecule has 0 aromatic carbocycles. The van der Waals surface area contributed by atoms with E-state index >= 15 is 0 Å². The average molecular weight is 277 g/mol. The minimum Gasteiger partial charge on any atom is -0.374 e. The molecule has 1 rings (SSSR count). The van der Waals surface area contributed by atoms with E-state index in [0.717, 1.165) is 12.8 Å². The molecule has 2 unspecified atom stereocenters. The Balaban J connectivity index is 2.40. The first-order chi connectivity index (χ1) is 7.27. The van der Waals surface area contributed by atoms with Crippen molar-refractivity contribution in [3.8, 4) is 0 Å². The van der Waals surface area contributed by atoms with Gasteiger partial charge in [-0.15, -0.1) is 0 Å². The van der Waals surface area contributed by atoms with Crippen molar-refractivity contribution in [1.82, 2.24) is 0 Å². The summed E-state index contributed by atoms with van der Waals surface area (Å²) in [6.45, 7) is 4.45. The van der Waals surface area contributed by atoms with E-state index in [0.29, 0.717) is 17.0 Å². The van der Waals surface area contributed by atoms with Crippen molar-refractivity contribution >= 4 is 15.9 Å². The van der Waals surface area contributed by atoms with Gasteiger partial charge >= 0.3 is 0 Å². The van der Waals surface area contributed by atoms with E-state index in [1.54, 1.807) is 0 Å². The molecule has 1 aliphatic rings.